The zero-order chi connectivity index (χ0) is 2.00. The van der Waals surface area contributed by atoms with Gasteiger partial charge in [0, 0.05) is 34.1 Å². The second-order valence-corrected chi connectivity index (χ2v) is 0. The Morgan fingerprint density at radius 3 is 1.40 bits per heavy atom. The summed E-state index contributed by atoms with van der Waals surface area (Å²) in [6.45, 7) is 0. The average Bonchev–Trinajstić information content (AvgIpc) is 1.00. The zero-order valence-electron chi connectivity index (χ0n) is 3.40. The van der Waals surface area contributed by atoms with Gasteiger partial charge in [-0.15, -0.1) is 0 Å². The van der Waals surface area contributed by atoms with Crippen molar-refractivity contribution < 1.29 is 84.4 Å². The van der Waals surface area contributed by atoms with E-state index in [-0.39, 0.29) is 65.1 Å². The molecular formula is HCuMnNaNiO. The van der Waals surface area contributed by atoms with E-state index in [0.717, 1.165) is 0 Å². The van der Waals surface area contributed by atoms with Crippen LogP contribution in [0, 0.1) is 0 Å². The molecule has 2 radical (unpaired) electrons. The van der Waals surface area contributed by atoms with Gasteiger partial charge in [-0.05, 0) is 0 Å². The second kappa shape index (κ2) is 33.1. The van der Waals surface area contributed by atoms with E-state index in [1.54, 1.807) is 0 Å². The summed E-state index contributed by atoms with van der Waals surface area (Å²) < 4.78 is 7.88. The quantitative estimate of drug-likeness (QED) is 0.395. The summed E-state index contributed by atoms with van der Waals surface area (Å²) in [5.74, 6) is 0. The standard InChI is InChI=1S/Cu.Mn.Na.Ni.O.H/q;;+1;;;-1. The number of hydrogen-bond acceptors (Lipinski definition) is 1. The van der Waals surface area contributed by atoms with E-state index in [1.807, 2.05) is 0 Å². The molecule has 0 N–H and O–H groups in total. The third kappa shape index (κ3) is 21.8. The summed E-state index contributed by atoms with van der Waals surface area (Å²) in [4.78, 5) is 0. The molecule has 1 nitrogen and oxygen atoms in total. The van der Waals surface area contributed by atoms with Crippen molar-refractivity contribution in [2.75, 3.05) is 0 Å². The molecule has 0 fully saturated rings. The van der Waals surface area contributed by atoms with Crippen molar-refractivity contribution in [2.45, 2.75) is 0 Å². The van der Waals surface area contributed by atoms with Gasteiger partial charge in [0.2, 0.25) is 0 Å². The van der Waals surface area contributed by atoms with Gasteiger partial charge < -0.3 is 1.43 Å². The van der Waals surface area contributed by atoms with Crippen LogP contribution in [0.15, 0.2) is 0 Å². The maximum atomic E-state index is 7.88. The molecule has 0 rings (SSSR count). The van der Waals surface area contributed by atoms with Crippen LogP contribution in [0.25, 0.3) is 0 Å². The second-order valence-electron chi connectivity index (χ2n) is 0. The van der Waals surface area contributed by atoms with Crippen LogP contribution in [0.5, 0.6) is 0 Å². The van der Waals surface area contributed by atoms with Gasteiger partial charge in [0.15, 0.2) is 0 Å². The molecule has 5 heteroatoms. The third-order valence-corrected chi connectivity index (χ3v) is 0. The Kier molecular flexibility index (Phi) is 175. The first kappa shape index (κ1) is 26.5. The monoisotopic (exact) mass is 216 g/mol. The molecule has 0 aliphatic carbocycles. The molecule has 0 atom stereocenters. The normalized spacial score (nSPS) is 1.20. The Labute approximate surface area is 83.3 Å². The summed E-state index contributed by atoms with van der Waals surface area (Å²) in [6.07, 6.45) is 0. The first-order chi connectivity index (χ1) is 1.00. The van der Waals surface area contributed by atoms with E-state index in [4.69, 9.17) is 3.90 Å². The molecule has 0 spiro atoms. The van der Waals surface area contributed by atoms with Crippen LogP contribution < -0.4 is 29.6 Å². The van der Waals surface area contributed by atoms with Crippen LogP contribution in [0.3, 0.4) is 0 Å². The molecule has 0 unspecified atom stereocenters. The minimum atomic E-state index is 0. The molecule has 0 aliphatic rings. The Morgan fingerprint density at radius 1 is 1.40 bits per heavy atom. The van der Waals surface area contributed by atoms with Gasteiger partial charge in [-0.2, -0.15) is 0 Å². The van der Waals surface area contributed by atoms with Crippen molar-refractivity contribution in [3.8, 4) is 0 Å². The molecule has 0 amide bonds. The van der Waals surface area contributed by atoms with Gasteiger partial charge in [-0.3, -0.25) is 0 Å². The van der Waals surface area contributed by atoms with E-state index in [9.17, 15) is 0 Å². The van der Waals surface area contributed by atoms with E-state index >= 15 is 0 Å². The summed E-state index contributed by atoms with van der Waals surface area (Å²) in [5, 5.41) is 0. The van der Waals surface area contributed by atoms with Crippen molar-refractivity contribution >= 4 is 0 Å². The van der Waals surface area contributed by atoms with Gasteiger partial charge >= 0.3 is 48.8 Å². The predicted octanol–water partition coefficient (Wildman–Crippen LogP) is -3.01. The van der Waals surface area contributed by atoms with E-state index < -0.39 is 0 Å². The van der Waals surface area contributed by atoms with Crippen molar-refractivity contribution in [1.82, 2.24) is 0 Å². The fourth-order valence-electron chi connectivity index (χ4n) is 0. The van der Waals surface area contributed by atoms with Gasteiger partial charge in [0.25, 0.3) is 0 Å². The molecule has 5 heavy (non-hydrogen) atoms. The molecule has 0 aromatic carbocycles. The van der Waals surface area contributed by atoms with Gasteiger partial charge in [-0.25, -0.2) is 0 Å². The molecule has 0 saturated carbocycles. The Balaban J connectivity index is -0.000000000833. The van der Waals surface area contributed by atoms with Crippen LogP contribution in [-0.2, 0) is 53.4 Å². The van der Waals surface area contributed by atoms with E-state index in [2.05, 4.69) is 15.4 Å². The van der Waals surface area contributed by atoms with Crippen molar-refractivity contribution in [2.24, 2.45) is 0 Å². The van der Waals surface area contributed by atoms with Crippen molar-refractivity contribution in [3.05, 3.63) is 0 Å². The van der Waals surface area contributed by atoms with Gasteiger partial charge in [0.05, 0.1) is 0 Å². The Morgan fingerprint density at radius 2 is 1.40 bits per heavy atom. The Hall–Kier alpha value is 2.33. The molecule has 36 valence electrons. The average molecular weight is 217 g/mol. The molecule has 0 aromatic rings. The number of rotatable bonds is 0. The van der Waals surface area contributed by atoms with Crippen LogP contribution in [0.4, 0.5) is 0 Å². The first-order valence-electron chi connectivity index (χ1n) is 0.129. The number of hydrogen-bond donors (Lipinski definition) is 0. The fourth-order valence-corrected chi connectivity index (χ4v) is 0. The molecule has 0 bridgehead atoms. The first-order valence-corrected chi connectivity index (χ1v) is 0.532. The SMILES string of the molecule is [Cu].[H-].[Mn].[Na+].[O]=[Ni]. The zero-order valence-corrected chi connectivity index (χ0v) is 7.51. The summed E-state index contributed by atoms with van der Waals surface area (Å²) in [7, 11) is 0. The summed E-state index contributed by atoms with van der Waals surface area (Å²) >= 11 is 2.62. The van der Waals surface area contributed by atoms with Crippen molar-refractivity contribution in [3.63, 3.8) is 0 Å². The van der Waals surface area contributed by atoms with Gasteiger partial charge in [0.1, 0.15) is 0 Å². The molecule has 0 saturated heterocycles. The molecular weight excluding hydrogens is 216 g/mol. The van der Waals surface area contributed by atoms with E-state index in [0.29, 0.717) is 0 Å². The van der Waals surface area contributed by atoms with Crippen LogP contribution in [0.2, 0.25) is 0 Å². The molecule has 0 heterocycles. The minimum absolute atomic E-state index is 0. The third-order valence-electron chi connectivity index (χ3n) is 0. The summed E-state index contributed by atoms with van der Waals surface area (Å²) in [6, 6.07) is 0. The van der Waals surface area contributed by atoms with Gasteiger partial charge in [-0.1, -0.05) is 0 Å². The van der Waals surface area contributed by atoms with Crippen LogP contribution in [0.1, 0.15) is 1.43 Å². The Bertz CT molecular complexity index is 15.5. The van der Waals surface area contributed by atoms with Crippen LogP contribution in [-0.4, -0.2) is 0 Å². The topological polar surface area (TPSA) is 17.1 Å². The maximum absolute atomic E-state index is 7.88. The fraction of sp³-hybridized carbons (Fsp3) is 0. The predicted molar refractivity (Wildman–Crippen MR) is 1.80 cm³/mol. The summed E-state index contributed by atoms with van der Waals surface area (Å²) in [5.41, 5.74) is 0. The van der Waals surface area contributed by atoms with Crippen molar-refractivity contribution in [1.29, 1.82) is 0 Å². The molecule has 0 aliphatic heterocycles. The van der Waals surface area contributed by atoms with Crippen LogP contribution >= 0.6 is 0 Å². The van der Waals surface area contributed by atoms with E-state index in [1.165, 1.54) is 0 Å². The molecule has 0 aromatic heterocycles.